The van der Waals surface area contributed by atoms with Crippen LogP contribution < -0.4 is 0 Å². The van der Waals surface area contributed by atoms with Crippen LogP contribution in [0, 0.1) is 0 Å². The standard InChI is InChI=1S/C15H22N2O4/c1-19-7-8-20-12-3-2-6-17(9-12)15(18)13-14(11-4-5-11)21-10-16-13/h10-12H,2-9H2,1H3. The molecule has 1 aromatic rings. The fourth-order valence-electron chi connectivity index (χ4n) is 2.76. The second-order valence-electron chi connectivity index (χ2n) is 5.72. The van der Waals surface area contributed by atoms with Gasteiger partial charge in [0.2, 0.25) is 0 Å². The van der Waals surface area contributed by atoms with Crippen molar-refractivity contribution in [3.05, 3.63) is 17.8 Å². The van der Waals surface area contributed by atoms with Crippen molar-refractivity contribution >= 4 is 5.91 Å². The second-order valence-corrected chi connectivity index (χ2v) is 5.72. The smallest absolute Gasteiger partial charge is 0.276 e. The summed E-state index contributed by atoms with van der Waals surface area (Å²) >= 11 is 0. The fraction of sp³-hybridized carbons (Fsp3) is 0.733. The van der Waals surface area contributed by atoms with Gasteiger partial charge in [-0.05, 0) is 25.7 Å². The van der Waals surface area contributed by atoms with Gasteiger partial charge in [-0.25, -0.2) is 4.98 Å². The molecular weight excluding hydrogens is 272 g/mol. The number of amides is 1. The fourth-order valence-corrected chi connectivity index (χ4v) is 2.76. The van der Waals surface area contributed by atoms with E-state index in [9.17, 15) is 4.79 Å². The lowest BCUT2D eigenvalue weighted by Crippen LogP contribution is -2.43. The highest BCUT2D eigenvalue weighted by Gasteiger charge is 2.35. The molecule has 1 aliphatic heterocycles. The maximum Gasteiger partial charge on any atom is 0.276 e. The van der Waals surface area contributed by atoms with Crippen molar-refractivity contribution in [2.45, 2.75) is 37.7 Å². The molecule has 6 heteroatoms. The highest BCUT2D eigenvalue weighted by molar-refractivity contribution is 5.93. The molecule has 0 aromatic carbocycles. The molecule has 1 amide bonds. The Morgan fingerprint density at radius 2 is 2.29 bits per heavy atom. The first-order chi connectivity index (χ1) is 10.3. The van der Waals surface area contributed by atoms with E-state index >= 15 is 0 Å². The third-order valence-electron chi connectivity index (χ3n) is 4.05. The lowest BCUT2D eigenvalue weighted by Gasteiger charge is -2.32. The molecule has 2 heterocycles. The van der Waals surface area contributed by atoms with Gasteiger partial charge in [0.05, 0.1) is 19.3 Å². The minimum atomic E-state index is -0.0225. The average Bonchev–Trinajstić information content (AvgIpc) is 3.24. The van der Waals surface area contributed by atoms with Gasteiger partial charge in [0.25, 0.3) is 5.91 Å². The van der Waals surface area contributed by atoms with Gasteiger partial charge in [0, 0.05) is 26.1 Å². The normalized spacial score (nSPS) is 22.5. The number of likely N-dealkylation sites (tertiary alicyclic amines) is 1. The molecule has 1 saturated heterocycles. The Morgan fingerprint density at radius 3 is 3.05 bits per heavy atom. The highest BCUT2D eigenvalue weighted by atomic mass is 16.5. The molecule has 2 aliphatic rings. The molecule has 116 valence electrons. The Morgan fingerprint density at radius 1 is 1.43 bits per heavy atom. The summed E-state index contributed by atoms with van der Waals surface area (Å²) < 4.78 is 16.1. The van der Waals surface area contributed by atoms with E-state index in [0.29, 0.717) is 31.4 Å². The predicted octanol–water partition coefficient (Wildman–Crippen LogP) is 1.82. The van der Waals surface area contributed by atoms with Crippen molar-refractivity contribution in [2.24, 2.45) is 0 Å². The molecule has 1 saturated carbocycles. The van der Waals surface area contributed by atoms with Gasteiger partial charge in [0.15, 0.2) is 12.1 Å². The van der Waals surface area contributed by atoms with Crippen LogP contribution in [-0.4, -0.2) is 55.3 Å². The molecule has 0 bridgehead atoms. The van der Waals surface area contributed by atoms with E-state index in [0.717, 1.165) is 38.0 Å². The van der Waals surface area contributed by atoms with E-state index in [-0.39, 0.29) is 12.0 Å². The topological polar surface area (TPSA) is 64.8 Å². The monoisotopic (exact) mass is 294 g/mol. The second kappa shape index (κ2) is 6.58. The number of carbonyl (C=O) groups is 1. The number of hydrogen-bond acceptors (Lipinski definition) is 5. The van der Waals surface area contributed by atoms with Gasteiger partial charge in [0.1, 0.15) is 5.76 Å². The maximum atomic E-state index is 12.6. The first-order valence-corrected chi connectivity index (χ1v) is 7.62. The Bertz CT molecular complexity index is 484. The van der Waals surface area contributed by atoms with Crippen LogP contribution in [0.3, 0.4) is 0 Å². The Balaban J connectivity index is 1.60. The van der Waals surface area contributed by atoms with Crippen LogP contribution in [0.4, 0.5) is 0 Å². The molecule has 1 aromatic heterocycles. The number of methoxy groups -OCH3 is 1. The lowest BCUT2D eigenvalue weighted by atomic mass is 10.1. The molecule has 3 rings (SSSR count). The zero-order valence-electron chi connectivity index (χ0n) is 12.4. The summed E-state index contributed by atoms with van der Waals surface area (Å²) in [5.74, 6) is 1.14. The van der Waals surface area contributed by atoms with Gasteiger partial charge in [-0.3, -0.25) is 4.79 Å². The van der Waals surface area contributed by atoms with Crippen LogP contribution in [0.25, 0.3) is 0 Å². The number of carbonyl (C=O) groups excluding carboxylic acids is 1. The van der Waals surface area contributed by atoms with Gasteiger partial charge in [-0.1, -0.05) is 0 Å². The summed E-state index contributed by atoms with van der Waals surface area (Å²) in [5.41, 5.74) is 0.495. The molecule has 2 fully saturated rings. The zero-order chi connectivity index (χ0) is 14.7. The maximum absolute atomic E-state index is 12.6. The summed E-state index contributed by atoms with van der Waals surface area (Å²) in [6.07, 6.45) is 5.62. The van der Waals surface area contributed by atoms with Crippen molar-refractivity contribution in [2.75, 3.05) is 33.4 Å². The molecule has 0 N–H and O–H groups in total. The SMILES string of the molecule is COCCOC1CCCN(C(=O)c2ncoc2C2CC2)C1. The van der Waals surface area contributed by atoms with Crippen LogP contribution in [0.15, 0.2) is 10.8 Å². The Kier molecular flexibility index (Phi) is 4.55. The number of ether oxygens (including phenoxy) is 2. The Hall–Kier alpha value is -1.40. The summed E-state index contributed by atoms with van der Waals surface area (Å²) in [6, 6.07) is 0. The van der Waals surface area contributed by atoms with Crippen LogP contribution >= 0.6 is 0 Å². The van der Waals surface area contributed by atoms with Crippen molar-refractivity contribution in [3.63, 3.8) is 0 Å². The number of oxazole rings is 1. The van der Waals surface area contributed by atoms with Crippen LogP contribution in [0.1, 0.15) is 47.8 Å². The number of hydrogen-bond donors (Lipinski definition) is 0. The lowest BCUT2D eigenvalue weighted by molar-refractivity contribution is -0.0173. The number of nitrogens with zero attached hydrogens (tertiary/aromatic N) is 2. The molecule has 21 heavy (non-hydrogen) atoms. The zero-order valence-corrected chi connectivity index (χ0v) is 12.4. The average molecular weight is 294 g/mol. The first kappa shape index (κ1) is 14.5. The van der Waals surface area contributed by atoms with Gasteiger partial charge in [-0.15, -0.1) is 0 Å². The third-order valence-corrected chi connectivity index (χ3v) is 4.05. The molecule has 1 atom stereocenters. The van der Waals surface area contributed by atoms with E-state index in [1.807, 2.05) is 4.90 Å². The van der Waals surface area contributed by atoms with Crippen LogP contribution in [0.2, 0.25) is 0 Å². The number of piperidine rings is 1. The summed E-state index contributed by atoms with van der Waals surface area (Å²) in [5, 5.41) is 0. The molecule has 1 unspecified atom stereocenters. The van der Waals surface area contributed by atoms with E-state index in [1.54, 1.807) is 7.11 Å². The van der Waals surface area contributed by atoms with Gasteiger partial charge >= 0.3 is 0 Å². The van der Waals surface area contributed by atoms with Crippen molar-refractivity contribution in [1.82, 2.24) is 9.88 Å². The van der Waals surface area contributed by atoms with Crippen LogP contribution in [0.5, 0.6) is 0 Å². The van der Waals surface area contributed by atoms with E-state index < -0.39 is 0 Å². The number of rotatable bonds is 6. The summed E-state index contributed by atoms with van der Waals surface area (Å²) in [6.45, 7) is 2.54. The molecule has 1 aliphatic carbocycles. The van der Waals surface area contributed by atoms with E-state index in [1.165, 1.54) is 6.39 Å². The van der Waals surface area contributed by atoms with Crippen molar-refractivity contribution in [3.8, 4) is 0 Å². The molecular formula is C15H22N2O4. The molecule has 0 radical (unpaired) electrons. The third kappa shape index (κ3) is 3.44. The summed E-state index contributed by atoms with van der Waals surface area (Å²) in [7, 11) is 1.66. The quantitative estimate of drug-likeness (QED) is 0.749. The van der Waals surface area contributed by atoms with E-state index in [4.69, 9.17) is 13.9 Å². The summed E-state index contributed by atoms with van der Waals surface area (Å²) in [4.78, 5) is 18.6. The van der Waals surface area contributed by atoms with Crippen molar-refractivity contribution < 1.29 is 18.7 Å². The van der Waals surface area contributed by atoms with Crippen LogP contribution in [-0.2, 0) is 9.47 Å². The number of aromatic nitrogens is 1. The molecule has 6 nitrogen and oxygen atoms in total. The van der Waals surface area contributed by atoms with Crippen molar-refractivity contribution in [1.29, 1.82) is 0 Å². The minimum absolute atomic E-state index is 0.0225. The predicted molar refractivity (Wildman–Crippen MR) is 75.2 cm³/mol. The van der Waals surface area contributed by atoms with Gasteiger partial charge in [-0.2, -0.15) is 0 Å². The van der Waals surface area contributed by atoms with E-state index in [2.05, 4.69) is 4.98 Å². The largest absolute Gasteiger partial charge is 0.447 e. The Labute approximate surface area is 124 Å². The highest BCUT2D eigenvalue weighted by Crippen LogP contribution is 2.41. The first-order valence-electron chi connectivity index (χ1n) is 7.62. The molecule has 0 spiro atoms. The minimum Gasteiger partial charge on any atom is -0.447 e. The van der Waals surface area contributed by atoms with Gasteiger partial charge < -0.3 is 18.8 Å².